The van der Waals surface area contributed by atoms with Crippen LogP contribution in [0.4, 0.5) is 0 Å². The third-order valence-electron chi connectivity index (χ3n) is 2.41. The van der Waals surface area contributed by atoms with Crippen LogP contribution in [0, 0.1) is 6.92 Å². The molecule has 1 N–H and O–H groups in total. The minimum Gasteiger partial charge on any atom is -0.477 e. The number of rotatable bonds is 6. The second-order valence-corrected chi connectivity index (χ2v) is 3.68. The number of aromatic nitrogens is 1. The molecule has 15 heavy (non-hydrogen) atoms. The fourth-order valence-corrected chi connectivity index (χ4v) is 1.58. The van der Waals surface area contributed by atoms with Crippen molar-refractivity contribution in [3.8, 4) is 0 Å². The molecule has 0 bridgehead atoms. The van der Waals surface area contributed by atoms with Gasteiger partial charge in [-0.2, -0.15) is 0 Å². The van der Waals surface area contributed by atoms with Gasteiger partial charge < -0.3 is 9.63 Å². The van der Waals surface area contributed by atoms with Crippen molar-refractivity contribution in [1.82, 2.24) is 5.16 Å². The normalized spacial score (nSPS) is 10.5. The number of hydrogen-bond donors (Lipinski definition) is 1. The molecule has 0 saturated heterocycles. The number of carboxylic acids is 1. The second-order valence-electron chi connectivity index (χ2n) is 3.68. The molecule has 84 valence electrons. The lowest BCUT2D eigenvalue weighted by atomic mass is 10.1. The average molecular weight is 211 g/mol. The summed E-state index contributed by atoms with van der Waals surface area (Å²) < 4.78 is 4.88. The predicted octanol–water partition coefficient (Wildman–Crippen LogP) is 2.80. The van der Waals surface area contributed by atoms with Gasteiger partial charge in [-0.3, -0.25) is 0 Å². The minimum absolute atomic E-state index is 0.242. The molecule has 1 heterocycles. The van der Waals surface area contributed by atoms with Gasteiger partial charge in [0, 0.05) is 0 Å². The standard InChI is InChI=1S/C11H17NO3/c1-3-4-5-6-7-9-10(11(13)14)8(2)15-12-9/h3-7H2,1-2H3,(H,13,14). The molecule has 1 aromatic rings. The maximum Gasteiger partial charge on any atom is 0.341 e. The quantitative estimate of drug-likeness (QED) is 0.735. The topological polar surface area (TPSA) is 63.3 Å². The Hall–Kier alpha value is -1.32. The molecular weight excluding hydrogens is 194 g/mol. The molecule has 0 aliphatic carbocycles. The molecule has 0 aliphatic heterocycles. The predicted molar refractivity (Wildman–Crippen MR) is 56.0 cm³/mol. The van der Waals surface area contributed by atoms with E-state index in [2.05, 4.69) is 12.1 Å². The van der Waals surface area contributed by atoms with Gasteiger partial charge in [0.15, 0.2) is 0 Å². The van der Waals surface area contributed by atoms with Crippen molar-refractivity contribution in [3.63, 3.8) is 0 Å². The first kappa shape index (κ1) is 11.8. The summed E-state index contributed by atoms with van der Waals surface area (Å²) in [4.78, 5) is 10.9. The average Bonchev–Trinajstić information content (AvgIpc) is 2.54. The van der Waals surface area contributed by atoms with Crippen molar-refractivity contribution < 1.29 is 14.4 Å². The van der Waals surface area contributed by atoms with E-state index in [-0.39, 0.29) is 5.56 Å². The summed E-state index contributed by atoms with van der Waals surface area (Å²) in [5.41, 5.74) is 0.822. The Morgan fingerprint density at radius 1 is 1.40 bits per heavy atom. The third-order valence-corrected chi connectivity index (χ3v) is 2.41. The van der Waals surface area contributed by atoms with Crippen molar-refractivity contribution >= 4 is 5.97 Å². The van der Waals surface area contributed by atoms with Gasteiger partial charge in [0.05, 0.1) is 5.69 Å². The van der Waals surface area contributed by atoms with E-state index < -0.39 is 5.97 Å². The molecule has 0 saturated carbocycles. The molecule has 4 heteroatoms. The van der Waals surface area contributed by atoms with Gasteiger partial charge in [-0.1, -0.05) is 31.3 Å². The summed E-state index contributed by atoms with van der Waals surface area (Å²) >= 11 is 0. The Kier molecular flexibility index (Phi) is 4.34. The van der Waals surface area contributed by atoms with Crippen LogP contribution in [0.3, 0.4) is 0 Å². The van der Waals surface area contributed by atoms with E-state index in [0.29, 0.717) is 17.9 Å². The van der Waals surface area contributed by atoms with Gasteiger partial charge in [0.2, 0.25) is 0 Å². The summed E-state index contributed by atoms with van der Waals surface area (Å²) in [7, 11) is 0. The summed E-state index contributed by atoms with van der Waals surface area (Å²) in [5, 5.41) is 12.7. The maximum atomic E-state index is 10.9. The smallest absolute Gasteiger partial charge is 0.341 e. The van der Waals surface area contributed by atoms with E-state index in [4.69, 9.17) is 9.63 Å². The molecule has 0 aromatic carbocycles. The number of unbranched alkanes of at least 4 members (excludes halogenated alkanes) is 3. The Balaban J connectivity index is 2.57. The highest BCUT2D eigenvalue weighted by molar-refractivity contribution is 5.89. The van der Waals surface area contributed by atoms with Crippen LogP contribution in [0.1, 0.15) is 54.4 Å². The number of carboxylic acid groups (broad SMARTS) is 1. The molecule has 0 atom stereocenters. The lowest BCUT2D eigenvalue weighted by Crippen LogP contribution is -2.02. The fraction of sp³-hybridized carbons (Fsp3) is 0.636. The Bertz CT molecular complexity index is 331. The second kappa shape index (κ2) is 5.53. The van der Waals surface area contributed by atoms with Gasteiger partial charge >= 0.3 is 5.97 Å². The van der Waals surface area contributed by atoms with Crippen molar-refractivity contribution in [1.29, 1.82) is 0 Å². The van der Waals surface area contributed by atoms with Crippen molar-refractivity contribution in [3.05, 3.63) is 17.0 Å². The summed E-state index contributed by atoms with van der Waals surface area (Å²) in [6.07, 6.45) is 5.13. The number of carbonyl (C=O) groups is 1. The van der Waals surface area contributed by atoms with Crippen LogP contribution in [0.2, 0.25) is 0 Å². The number of hydrogen-bond acceptors (Lipinski definition) is 3. The zero-order valence-corrected chi connectivity index (χ0v) is 9.25. The largest absolute Gasteiger partial charge is 0.477 e. The zero-order valence-electron chi connectivity index (χ0n) is 9.25. The Labute approximate surface area is 89.3 Å². The van der Waals surface area contributed by atoms with Crippen LogP contribution >= 0.6 is 0 Å². The van der Waals surface area contributed by atoms with Gasteiger partial charge in [0.1, 0.15) is 11.3 Å². The first-order valence-electron chi connectivity index (χ1n) is 5.35. The molecule has 1 aromatic heterocycles. The lowest BCUT2D eigenvalue weighted by molar-refractivity contribution is 0.0694. The van der Waals surface area contributed by atoms with Crippen molar-refractivity contribution in [2.45, 2.75) is 46.0 Å². The van der Waals surface area contributed by atoms with E-state index >= 15 is 0 Å². The van der Waals surface area contributed by atoms with Gasteiger partial charge in [0.25, 0.3) is 0 Å². The summed E-state index contributed by atoms with van der Waals surface area (Å²) in [6.45, 7) is 3.77. The zero-order chi connectivity index (χ0) is 11.3. The van der Waals surface area contributed by atoms with Crippen molar-refractivity contribution in [2.24, 2.45) is 0 Å². The van der Waals surface area contributed by atoms with Crippen LogP contribution < -0.4 is 0 Å². The van der Waals surface area contributed by atoms with E-state index in [9.17, 15) is 4.79 Å². The SMILES string of the molecule is CCCCCCc1noc(C)c1C(=O)O. The highest BCUT2D eigenvalue weighted by Crippen LogP contribution is 2.16. The third kappa shape index (κ3) is 3.08. The van der Waals surface area contributed by atoms with Crippen LogP contribution in [0.15, 0.2) is 4.52 Å². The van der Waals surface area contributed by atoms with Crippen LogP contribution in [-0.2, 0) is 6.42 Å². The van der Waals surface area contributed by atoms with E-state index in [1.807, 2.05) is 0 Å². The molecule has 0 unspecified atom stereocenters. The first-order valence-corrected chi connectivity index (χ1v) is 5.35. The van der Waals surface area contributed by atoms with E-state index in [1.165, 1.54) is 12.8 Å². The monoisotopic (exact) mass is 211 g/mol. The highest BCUT2D eigenvalue weighted by Gasteiger charge is 2.18. The molecule has 0 aliphatic rings. The van der Waals surface area contributed by atoms with Crippen LogP contribution in [0.5, 0.6) is 0 Å². The number of nitrogens with zero attached hydrogens (tertiary/aromatic N) is 1. The maximum absolute atomic E-state index is 10.9. The molecule has 4 nitrogen and oxygen atoms in total. The molecular formula is C11H17NO3. The Morgan fingerprint density at radius 2 is 2.13 bits per heavy atom. The van der Waals surface area contributed by atoms with Gasteiger partial charge in [-0.15, -0.1) is 0 Å². The number of aryl methyl sites for hydroxylation is 2. The van der Waals surface area contributed by atoms with Gasteiger partial charge in [-0.25, -0.2) is 4.79 Å². The molecule has 0 amide bonds. The van der Waals surface area contributed by atoms with Crippen LogP contribution in [-0.4, -0.2) is 16.2 Å². The van der Waals surface area contributed by atoms with Gasteiger partial charge in [-0.05, 0) is 19.8 Å². The van der Waals surface area contributed by atoms with E-state index in [0.717, 1.165) is 12.8 Å². The minimum atomic E-state index is -0.945. The molecule has 0 spiro atoms. The Morgan fingerprint density at radius 3 is 2.73 bits per heavy atom. The first-order chi connectivity index (χ1) is 7.16. The molecule has 1 rings (SSSR count). The number of aromatic carboxylic acids is 1. The highest BCUT2D eigenvalue weighted by atomic mass is 16.5. The van der Waals surface area contributed by atoms with Crippen LogP contribution in [0.25, 0.3) is 0 Å². The van der Waals surface area contributed by atoms with E-state index in [1.54, 1.807) is 6.92 Å². The fourth-order valence-electron chi connectivity index (χ4n) is 1.58. The summed E-state index contributed by atoms with van der Waals surface area (Å²) in [5.74, 6) is -0.549. The summed E-state index contributed by atoms with van der Waals surface area (Å²) in [6, 6.07) is 0. The lowest BCUT2D eigenvalue weighted by Gasteiger charge is -1.97. The molecule has 0 fully saturated rings. The van der Waals surface area contributed by atoms with Crippen molar-refractivity contribution in [2.75, 3.05) is 0 Å². The molecule has 0 radical (unpaired) electrons.